The number of ether oxygens (including phenoxy) is 2. The Morgan fingerprint density at radius 1 is 0.914 bits per heavy atom. The Kier molecular flexibility index (Phi) is 13.7. The Labute approximate surface area is 346 Å². The van der Waals surface area contributed by atoms with Crippen molar-refractivity contribution in [2.24, 2.45) is 29.6 Å². The van der Waals surface area contributed by atoms with Crippen molar-refractivity contribution in [3.05, 3.63) is 96.5 Å². The molecular weight excluding hydrogens is 721 g/mol. The van der Waals surface area contributed by atoms with Crippen molar-refractivity contribution < 1.29 is 19.1 Å². The summed E-state index contributed by atoms with van der Waals surface area (Å²) in [6, 6.07) is 0. The Bertz CT molecular complexity index is 2250. The molecular formula is C50H68N4O4. The Morgan fingerprint density at radius 2 is 1.64 bits per heavy atom. The third-order valence-corrected chi connectivity index (χ3v) is 13.3. The molecule has 8 bridgehead atoms. The van der Waals surface area contributed by atoms with E-state index in [4.69, 9.17) is 9.47 Å². The van der Waals surface area contributed by atoms with Gasteiger partial charge in [-0.3, -0.25) is 9.59 Å². The summed E-state index contributed by atoms with van der Waals surface area (Å²) < 4.78 is 11.2. The predicted octanol–water partition coefficient (Wildman–Crippen LogP) is 9.63. The molecule has 0 spiro atoms. The van der Waals surface area contributed by atoms with Crippen LogP contribution in [0.3, 0.4) is 0 Å². The SMILES string of the molecule is C=Cc1c2[nH]c(c1C)/C=C1\N/C(=C3\c4[nH]c(c(C)c4C[C@@H]3C(=O)OC)/C=c3\[nH]/c(c(C)c3CC)=C\2)[C@@H](CCC(=O)OC/C=C(\C)CCC[C@H](C)CCCC(C)C)[C@@H]1C. The van der Waals surface area contributed by atoms with Crippen LogP contribution in [0.5, 0.6) is 0 Å². The van der Waals surface area contributed by atoms with Crippen LogP contribution in [0.1, 0.15) is 149 Å². The lowest BCUT2D eigenvalue weighted by atomic mass is 9.85. The fourth-order valence-electron chi connectivity index (χ4n) is 9.58. The number of methoxy groups -OCH3 is 1. The lowest BCUT2D eigenvalue weighted by Crippen LogP contribution is -2.21. The molecule has 0 unspecified atom stereocenters. The lowest BCUT2D eigenvalue weighted by molar-refractivity contribution is -0.144. The predicted molar refractivity (Wildman–Crippen MR) is 238 cm³/mol. The first-order valence-electron chi connectivity index (χ1n) is 21.8. The molecule has 3 aromatic heterocycles. The fraction of sp³-hybridized carbons (Fsp3) is 0.520. The summed E-state index contributed by atoms with van der Waals surface area (Å²) in [7, 11) is 1.47. The third-order valence-electron chi connectivity index (χ3n) is 13.3. The van der Waals surface area contributed by atoms with Crippen molar-refractivity contribution in [2.75, 3.05) is 13.7 Å². The van der Waals surface area contributed by atoms with Crippen molar-refractivity contribution in [1.29, 1.82) is 0 Å². The fourth-order valence-corrected chi connectivity index (χ4v) is 9.58. The van der Waals surface area contributed by atoms with Gasteiger partial charge in [0, 0.05) is 74.3 Å². The number of rotatable bonds is 16. The second-order valence-electron chi connectivity index (χ2n) is 17.7. The maximum Gasteiger partial charge on any atom is 0.313 e. The maximum absolute atomic E-state index is 13.6. The van der Waals surface area contributed by atoms with E-state index in [9.17, 15) is 9.59 Å². The Morgan fingerprint density at radius 3 is 2.34 bits per heavy atom. The number of nitrogens with one attached hydrogen (secondary N) is 4. The Hall–Kier alpha value is -4.72. The third kappa shape index (κ3) is 8.96. The van der Waals surface area contributed by atoms with E-state index in [1.165, 1.54) is 49.5 Å². The van der Waals surface area contributed by atoms with Gasteiger partial charge in [0.2, 0.25) is 0 Å². The van der Waals surface area contributed by atoms with Crippen LogP contribution in [0.4, 0.5) is 0 Å². The van der Waals surface area contributed by atoms with Crippen LogP contribution in [0.2, 0.25) is 0 Å². The van der Waals surface area contributed by atoms with Crippen LogP contribution in [0, 0.1) is 50.4 Å². The molecule has 8 nitrogen and oxygen atoms in total. The van der Waals surface area contributed by atoms with Crippen LogP contribution in [-0.2, 0) is 31.9 Å². The summed E-state index contributed by atoms with van der Waals surface area (Å²) in [5.41, 5.74) is 15.1. The summed E-state index contributed by atoms with van der Waals surface area (Å²) in [6.07, 6.45) is 20.2. The molecule has 5 heterocycles. The number of hydrogen-bond acceptors (Lipinski definition) is 5. The van der Waals surface area contributed by atoms with Gasteiger partial charge in [0.25, 0.3) is 0 Å². The highest BCUT2D eigenvalue weighted by atomic mass is 16.5. The van der Waals surface area contributed by atoms with Gasteiger partial charge in [0.05, 0.1) is 13.0 Å². The minimum absolute atomic E-state index is 0.0348. The number of H-pyrrole nitrogens is 3. The number of esters is 2. The van der Waals surface area contributed by atoms with E-state index in [0.29, 0.717) is 19.4 Å². The minimum Gasteiger partial charge on any atom is -0.469 e. The van der Waals surface area contributed by atoms with E-state index >= 15 is 0 Å². The van der Waals surface area contributed by atoms with E-state index in [2.05, 4.69) is 113 Å². The molecule has 0 saturated carbocycles. The zero-order valence-corrected chi connectivity index (χ0v) is 36.9. The van der Waals surface area contributed by atoms with E-state index in [0.717, 1.165) is 104 Å². The van der Waals surface area contributed by atoms with Crippen LogP contribution < -0.4 is 16.0 Å². The van der Waals surface area contributed by atoms with Gasteiger partial charge in [0.1, 0.15) is 6.61 Å². The summed E-state index contributed by atoms with van der Waals surface area (Å²) in [5, 5.41) is 5.96. The van der Waals surface area contributed by atoms with Gasteiger partial charge in [-0.2, -0.15) is 0 Å². The first kappa shape index (κ1) is 42.9. The molecule has 0 amide bonds. The lowest BCUT2D eigenvalue weighted by Gasteiger charge is -2.20. The highest BCUT2D eigenvalue weighted by Gasteiger charge is 2.43. The molecule has 6 rings (SSSR count). The zero-order valence-electron chi connectivity index (χ0n) is 36.9. The smallest absolute Gasteiger partial charge is 0.313 e. The topological polar surface area (TPSA) is 112 Å². The molecule has 1 aliphatic carbocycles. The largest absolute Gasteiger partial charge is 0.469 e. The maximum atomic E-state index is 13.6. The molecule has 4 N–H and O–H groups in total. The second-order valence-corrected chi connectivity index (χ2v) is 17.7. The van der Waals surface area contributed by atoms with Gasteiger partial charge in [-0.25, -0.2) is 0 Å². The van der Waals surface area contributed by atoms with Crippen LogP contribution in [0.25, 0.3) is 29.9 Å². The van der Waals surface area contributed by atoms with Crippen molar-refractivity contribution >= 4 is 41.8 Å². The monoisotopic (exact) mass is 789 g/mol. The Balaban J connectivity index is 1.31. The van der Waals surface area contributed by atoms with Crippen LogP contribution in [0.15, 0.2) is 29.6 Å². The van der Waals surface area contributed by atoms with Crippen molar-refractivity contribution in [2.45, 2.75) is 127 Å². The van der Waals surface area contributed by atoms with Gasteiger partial charge in [-0.05, 0) is 124 Å². The molecule has 3 aromatic rings. The van der Waals surface area contributed by atoms with E-state index in [1.54, 1.807) is 0 Å². The molecule has 8 heteroatoms. The van der Waals surface area contributed by atoms with E-state index < -0.39 is 5.92 Å². The number of fused-ring (bicyclic) bond motifs is 7. The van der Waals surface area contributed by atoms with Gasteiger partial charge in [-0.15, -0.1) is 0 Å². The van der Waals surface area contributed by atoms with Crippen molar-refractivity contribution in [3.8, 4) is 0 Å². The zero-order chi connectivity index (χ0) is 41.8. The van der Waals surface area contributed by atoms with Crippen molar-refractivity contribution in [1.82, 2.24) is 20.3 Å². The molecule has 2 aliphatic heterocycles. The van der Waals surface area contributed by atoms with Gasteiger partial charge in [-0.1, -0.05) is 78.5 Å². The first-order valence-corrected chi connectivity index (χ1v) is 21.8. The number of carbonyl (C=O) groups is 2. The van der Waals surface area contributed by atoms with Crippen LogP contribution >= 0.6 is 0 Å². The number of allylic oxidation sites excluding steroid dienone is 3. The number of aromatic amines is 3. The van der Waals surface area contributed by atoms with Gasteiger partial charge < -0.3 is 29.7 Å². The standard InChI is InChI=1S/C50H68N4O4/c1-12-35-31(7)40-25-42-33(9)37(20-21-46(55)58-23-22-30(6)19-15-18-29(5)17-14-16-28(3)4)48(53-42)47-39(50(56)57-11)24-38-34(10)43(54-49(38)47)27-45-36(13-2)32(8)41(52-45)26-44(35)51-40/h12,22,25-29,33,37,39,51-54H,1,13-21,23-24H2,2-11H3/b30-22+,41-26-,42-25-,45-27-,48-47-/t29-,33+,37+,39+/m1/s1. The van der Waals surface area contributed by atoms with Gasteiger partial charge >= 0.3 is 11.9 Å². The first-order chi connectivity index (χ1) is 27.8. The highest BCUT2D eigenvalue weighted by molar-refractivity contribution is 5.94. The minimum atomic E-state index is -0.469. The van der Waals surface area contributed by atoms with Crippen molar-refractivity contribution in [3.63, 3.8) is 0 Å². The molecule has 312 valence electrons. The number of aromatic nitrogens is 3. The summed E-state index contributed by atoms with van der Waals surface area (Å²) >= 11 is 0. The van der Waals surface area contributed by atoms with E-state index in [-0.39, 0.29) is 30.2 Å². The molecule has 1 fully saturated rings. The molecule has 58 heavy (non-hydrogen) atoms. The molecule has 1 saturated heterocycles. The average molecular weight is 789 g/mol. The summed E-state index contributed by atoms with van der Waals surface area (Å²) in [5.74, 6) is 0.568. The molecule has 4 atom stereocenters. The quantitative estimate of drug-likeness (QED) is 0.0854. The summed E-state index contributed by atoms with van der Waals surface area (Å²) in [6.45, 7) is 24.4. The van der Waals surface area contributed by atoms with E-state index in [1.807, 2.05) is 6.08 Å². The van der Waals surface area contributed by atoms with Gasteiger partial charge in [0.15, 0.2) is 0 Å². The average Bonchev–Trinajstić information content (AvgIpc) is 3.94. The molecule has 0 radical (unpaired) electrons. The number of hydrogen-bond donors (Lipinski definition) is 4. The number of carbonyl (C=O) groups excluding carboxylic acids is 2. The summed E-state index contributed by atoms with van der Waals surface area (Å²) in [4.78, 5) is 38.2. The molecule has 3 aliphatic rings. The normalized spacial score (nSPS) is 22.4. The highest BCUT2D eigenvalue weighted by Crippen LogP contribution is 2.48. The second kappa shape index (κ2) is 18.5. The van der Waals surface area contributed by atoms with Crippen LogP contribution in [-0.4, -0.2) is 40.6 Å². The molecule has 0 aromatic carbocycles.